The molecule has 3 aromatic rings. The van der Waals surface area contributed by atoms with Crippen molar-refractivity contribution in [3.05, 3.63) is 65.7 Å². The van der Waals surface area contributed by atoms with Crippen molar-refractivity contribution in [2.45, 2.75) is 17.9 Å². The van der Waals surface area contributed by atoms with Gasteiger partial charge in [0.25, 0.3) is 0 Å². The Balaban J connectivity index is 1.68. The maximum atomic E-state index is 6.15. The highest BCUT2D eigenvalue weighted by molar-refractivity contribution is 7.99. The number of nitrogens with zero attached hydrogens (tertiary/aromatic N) is 3. The molecule has 0 bridgehead atoms. The first kappa shape index (κ1) is 18.0. The van der Waals surface area contributed by atoms with Gasteiger partial charge in [-0.15, -0.1) is 11.8 Å². The quantitative estimate of drug-likeness (QED) is 0.272. The molecule has 0 saturated heterocycles. The van der Waals surface area contributed by atoms with Crippen molar-refractivity contribution in [2.75, 3.05) is 26.4 Å². The van der Waals surface area contributed by atoms with Crippen LogP contribution in [-0.4, -0.2) is 41.3 Å². The first-order chi connectivity index (χ1) is 13.2. The molecular formula is C22H23N3OS. The predicted octanol–water partition coefficient (Wildman–Crippen LogP) is 4.88. The first-order valence-electron chi connectivity index (χ1n) is 9.20. The number of hydrogen-bond acceptors (Lipinski definition) is 5. The summed E-state index contributed by atoms with van der Waals surface area (Å²) < 4.78 is 6.15. The molecule has 2 aromatic carbocycles. The van der Waals surface area contributed by atoms with Gasteiger partial charge in [0, 0.05) is 17.7 Å². The van der Waals surface area contributed by atoms with Crippen molar-refractivity contribution in [3.8, 4) is 23.0 Å². The Bertz CT molecular complexity index is 928. The van der Waals surface area contributed by atoms with Crippen molar-refractivity contribution in [1.82, 2.24) is 14.9 Å². The second kappa shape index (κ2) is 8.11. The van der Waals surface area contributed by atoms with E-state index < -0.39 is 0 Å². The Labute approximate surface area is 164 Å². The van der Waals surface area contributed by atoms with Crippen LogP contribution < -0.4 is 4.74 Å². The summed E-state index contributed by atoms with van der Waals surface area (Å²) in [6.07, 6.45) is 1.94. The summed E-state index contributed by atoms with van der Waals surface area (Å²) in [6.45, 7) is 1.07. The molecule has 0 aliphatic carbocycles. The van der Waals surface area contributed by atoms with E-state index >= 15 is 0 Å². The van der Waals surface area contributed by atoms with Crippen molar-refractivity contribution in [1.29, 1.82) is 0 Å². The predicted molar refractivity (Wildman–Crippen MR) is 111 cm³/mol. The van der Waals surface area contributed by atoms with E-state index in [-0.39, 0.29) is 0 Å². The minimum Gasteiger partial charge on any atom is -0.438 e. The van der Waals surface area contributed by atoms with E-state index in [1.807, 2.05) is 42.5 Å². The summed E-state index contributed by atoms with van der Waals surface area (Å²) in [6, 6.07) is 18.3. The number of ether oxygens (including phenoxy) is 1. The van der Waals surface area contributed by atoms with Crippen LogP contribution in [0.4, 0.5) is 0 Å². The molecule has 0 saturated carbocycles. The molecule has 138 valence electrons. The molecule has 4 nitrogen and oxygen atoms in total. The number of rotatable bonds is 6. The van der Waals surface area contributed by atoms with Gasteiger partial charge in [-0.25, -0.2) is 4.98 Å². The molecule has 27 heavy (non-hydrogen) atoms. The van der Waals surface area contributed by atoms with E-state index in [1.54, 1.807) is 11.8 Å². The van der Waals surface area contributed by atoms with Crippen molar-refractivity contribution >= 4 is 11.8 Å². The number of thioether (sulfide) groups is 1. The lowest BCUT2D eigenvalue weighted by molar-refractivity contribution is 0.410. The molecule has 0 unspecified atom stereocenters. The van der Waals surface area contributed by atoms with Gasteiger partial charge >= 0.3 is 0 Å². The van der Waals surface area contributed by atoms with Crippen LogP contribution in [0, 0.1) is 0 Å². The Hall–Kier alpha value is -2.37. The zero-order valence-electron chi connectivity index (χ0n) is 15.7. The summed E-state index contributed by atoms with van der Waals surface area (Å²) in [5, 5.41) is 1.03. The average Bonchev–Trinajstić information content (AvgIpc) is 2.70. The molecule has 1 aliphatic rings. The average molecular weight is 378 g/mol. The van der Waals surface area contributed by atoms with E-state index in [0.717, 1.165) is 52.9 Å². The third-order valence-electron chi connectivity index (χ3n) is 4.50. The third kappa shape index (κ3) is 4.15. The number of hydrogen-bond donors (Lipinski definition) is 0. The zero-order chi connectivity index (χ0) is 18.6. The number of aromatic nitrogens is 2. The largest absolute Gasteiger partial charge is 0.438 e. The molecule has 0 N–H and O–H groups in total. The highest BCUT2D eigenvalue weighted by atomic mass is 32.2. The molecule has 2 heterocycles. The standard InChI is InChI=1S/C22H23N3OS/c1-25(2)13-8-14-27-22-18-15-17-11-6-7-12-19(17)26-21(18)23-20(24-22)16-9-4-3-5-10-16/h3-7,9-12H,8,13-15H2,1-2H3. The van der Waals surface area contributed by atoms with Crippen LogP contribution in [0.1, 0.15) is 17.5 Å². The van der Waals surface area contributed by atoms with Gasteiger partial charge in [0.1, 0.15) is 10.8 Å². The van der Waals surface area contributed by atoms with Crippen molar-refractivity contribution < 1.29 is 4.74 Å². The fourth-order valence-electron chi connectivity index (χ4n) is 3.11. The topological polar surface area (TPSA) is 38.2 Å². The molecule has 0 radical (unpaired) electrons. The molecule has 1 aromatic heterocycles. The van der Waals surface area contributed by atoms with Crippen LogP contribution in [0.25, 0.3) is 11.4 Å². The minimum absolute atomic E-state index is 0.692. The number of para-hydroxylation sites is 1. The zero-order valence-corrected chi connectivity index (χ0v) is 16.5. The Morgan fingerprint density at radius 3 is 2.59 bits per heavy atom. The summed E-state index contributed by atoms with van der Waals surface area (Å²) >= 11 is 1.80. The van der Waals surface area contributed by atoms with Gasteiger partial charge in [0.2, 0.25) is 5.88 Å². The fraction of sp³-hybridized carbons (Fsp3) is 0.273. The maximum Gasteiger partial charge on any atom is 0.227 e. The van der Waals surface area contributed by atoms with Crippen molar-refractivity contribution in [2.24, 2.45) is 0 Å². The molecule has 0 spiro atoms. The van der Waals surface area contributed by atoms with Crippen LogP contribution in [0.5, 0.6) is 11.6 Å². The lowest BCUT2D eigenvalue weighted by Gasteiger charge is -2.21. The van der Waals surface area contributed by atoms with E-state index in [9.17, 15) is 0 Å². The van der Waals surface area contributed by atoms with E-state index in [4.69, 9.17) is 14.7 Å². The summed E-state index contributed by atoms with van der Waals surface area (Å²) in [5.74, 6) is 3.34. The van der Waals surface area contributed by atoms with Gasteiger partial charge in [0.15, 0.2) is 5.82 Å². The van der Waals surface area contributed by atoms with Gasteiger partial charge < -0.3 is 9.64 Å². The lowest BCUT2D eigenvalue weighted by Crippen LogP contribution is -2.13. The summed E-state index contributed by atoms with van der Waals surface area (Å²) in [7, 11) is 4.21. The summed E-state index contributed by atoms with van der Waals surface area (Å²) in [5.41, 5.74) is 3.30. The van der Waals surface area contributed by atoms with Crippen LogP contribution >= 0.6 is 11.8 Å². The highest BCUT2D eigenvalue weighted by Crippen LogP contribution is 2.40. The Morgan fingerprint density at radius 1 is 1.00 bits per heavy atom. The van der Waals surface area contributed by atoms with Crippen LogP contribution in [0.2, 0.25) is 0 Å². The van der Waals surface area contributed by atoms with Gasteiger partial charge in [-0.3, -0.25) is 0 Å². The third-order valence-corrected chi connectivity index (χ3v) is 5.60. The Morgan fingerprint density at radius 2 is 1.78 bits per heavy atom. The summed E-state index contributed by atoms with van der Waals surface area (Å²) in [4.78, 5) is 11.9. The normalized spacial score (nSPS) is 12.4. The van der Waals surface area contributed by atoms with Gasteiger partial charge in [-0.05, 0) is 38.7 Å². The van der Waals surface area contributed by atoms with Gasteiger partial charge in [-0.2, -0.15) is 4.98 Å². The first-order valence-corrected chi connectivity index (χ1v) is 10.2. The second-order valence-electron chi connectivity index (χ2n) is 6.89. The Kier molecular flexibility index (Phi) is 5.41. The van der Waals surface area contributed by atoms with Gasteiger partial charge in [0.05, 0.1) is 5.56 Å². The molecule has 0 atom stereocenters. The highest BCUT2D eigenvalue weighted by Gasteiger charge is 2.23. The SMILES string of the molecule is CN(C)CCCSc1nc(-c2ccccc2)nc2c1Cc1ccccc1O2. The van der Waals surface area contributed by atoms with Crippen LogP contribution in [0.3, 0.4) is 0 Å². The molecule has 0 fully saturated rings. The van der Waals surface area contributed by atoms with E-state index in [2.05, 4.69) is 31.1 Å². The second-order valence-corrected chi connectivity index (χ2v) is 7.98. The van der Waals surface area contributed by atoms with Crippen LogP contribution in [-0.2, 0) is 6.42 Å². The number of benzene rings is 2. The van der Waals surface area contributed by atoms with E-state index in [1.165, 1.54) is 5.56 Å². The van der Waals surface area contributed by atoms with Crippen LogP contribution in [0.15, 0.2) is 59.6 Å². The number of fused-ring (bicyclic) bond motifs is 2. The van der Waals surface area contributed by atoms with Gasteiger partial charge in [-0.1, -0.05) is 48.5 Å². The minimum atomic E-state index is 0.692. The van der Waals surface area contributed by atoms with Crippen molar-refractivity contribution in [3.63, 3.8) is 0 Å². The molecule has 5 heteroatoms. The fourth-order valence-corrected chi connectivity index (χ4v) is 4.06. The van der Waals surface area contributed by atoms with E-state index in [0.29, 0.717) is 5.88 Å². The monoisotopic (exact) mass is 377 g/mol. The maximum absolute atomic E-state index is 6.15. The lowest BCUT2D eigenvalue weighted by atomic mass is 10.0. The molecule has 4 rings (SSSR count). The smallest absolute Gasteiger partial charge is 0.227 e. The molecular weight excluding hydrogens is 354 g/mol. The molecule has 1 aliphatic heterocycles. The molecule has 0 amide bonds.